The van der Waals surface area contributed by atoms with E-state index in [1.165, 1.54) is 25.7 Å². The van der Waals surface area contributed by atoms with Crippen LogP contribution < -0.4 is 15.4 Å². The van der Waals surface area contributed by atoms with Gasteiger partial charge in [0.2, 0.25) is 0 Å². The van der Waals surface area contributed by atoms with Gasteiger partial charge in [-0.15, -0.1) is 0 Å². The fraction of sp³-hybridized carbons (Fsp3) is 0.462. The summed E-state index contributed by atoms with van der Waals surface area (Å²) in [7, 11) is 0. The van der Waals surface area contributed by atoms with E-state index in [1.54, 1.807) is 0 Å². The Morgan fingerprint density at radius 1 is 1.29 bits per heavy atom. The number of ether oxygens (including phenoxy) is 1. The van der Waals surface area contributed by atoms with Crippen LogP contribution in [0.1, 0.15) is 36.0 Å². The predicted octanol–water partition coefficient (Wildman–Crippen LogP) is 2.12. The van der Waals surface area contributed by atoms with Crippen LogP contribution in [0.25, 0.3) is 0 Å². The summed E-state index contributed by atoms with van der Waals surface area (Å²) in [6, 6.07) is 6.27. The van der Waals surface area contributed by atoms with Crippen molar-refractivity contribution in [1.29, 1.82) is 0 Å². The summed E-state index contributed by atoms with van der Waals surface area (Å²) in [6.07, 6.45) is 5.08. The third-order valence-corrected chi connectivity index (χ3v) is 3.41. The standard InChI is InChI=1S/C13H16N2O2/c16-13-11-6-5-10(7-12(11)17-8-14-13)15-9-3-1-2-4-9/h5-7,9,15H,1-4,8H2,(H,14,16). The van der Waals surface area contributed by atoms with Gasteiger partial charge in [-0.3, -0.25) is 4.79 Å². The molecule has 1 aromatic rings. The molecule has 4 heteroatoms. The van der Waals surface area contributed by atoms with Crippen LogP contribution in [0.15, 0.2) is 18.2 Å². The van der Waals surface area contributed by atoms with Gasteiger partial charge in [0.1, 0.15) is 5.75 Å². The Balaban J connectivity index is 1.80. The molecule has 1 aliphatic heterocycles. The second-order valence-corrected chi connectivity index (χ2v) is 4.63. The van der Waals surface area contributed by atoms with Crippen molar-refractivity contribution in [1.82, 2.24) is 5.32 Å². The summed E-state index contributed by atoms with van der Waals surface area (Å²) in [5, 5.41) is 6.14. The molecular weight excluding hydrogens is 216 g/mol. The van der Waals surface area contributed by atoms with Crippen molar-refractivity contribution < 1.29 is 9.53 Å². The maximum Gasteiger partial charge on any atom is 0.257 e. The predicted molar refractivity (Wildman–Crippen MR) is 65.3 cm³/mol. The van der Waals surface area contributed by atoms with E-state index < -0.39 is 0 Å². The van der Waals surface area contributed by atoms with Gasteiger partial charge in [-0.1, -0.05) is 12.8 Å². The van der Waals surface area contributed by atoms with Gasteiger partial charge in [0.15, 0.2) is 6.73 Å². The van der Waals surface area contributed by atoms with Crippen molar-refractivity contribution in [2.45, 2.75) is 31.7 Å². The summed E-state index contributed by atoms with van der Waals surface area (Å²) < 4.78 is 5.43. The second-order valence-electron chi connectivity index (χ2n) is 4.63. The Hall–Kier alpha value is -1.71. The van der Waals surface area contributed by atoms with Gasteiger partial charge in [-0.25, -0.2) is 0 Å². The van der Waals surface area contributed by atoms with E-state index in [0.717, 1.165) is 5.69 Å². The summed E-state index contributed by atoms with van der Waals surface area (Å²) in [4.78, 5) is 11.5. The number of anilines is 1. The quantitative estimate of drug-likeness (QED) is 0.821. The number of fused-ring (bicyclic) bond motifs is 1. The van der Waals surface area contributed by atoms with Gasteiger partial charge in [0.05, 0.1) is 5.56 Å². The Kier molecular flexibility index (Phi) is 2.63. The first-order valence-electron chi connectivity index (χ1n) is 6.14. The molecule has 0 aromatic heterocycles. The Bertz CT molecular complexity index is 439. The van der Waals surface area contributed by atoms with E-state index in [9.17, 15) is 4.79 Å². The highest BCUT2D eigenvalue weighted by Gasteiger charge is 2.19. The smallest absolute Gasteiger partial charge is 0.257 e. The van der Waals surface area contributed by atoms with Crippen molar-refractivity contribution >= 4 is 11.6 Å². The van der Waals surface area contributed by atoms with E-state index in [1.807, 2.05) is 18.2 Å². The van der Waals surface area contributed by atoms with Crippen LogP contribution in [-0.4, -0.2) is 18.7 Å². The van der Waals surface area contributed by atoms with Gasteiger partial charge in [0.25, 0.3) is 5.91 Å². The molecule has 3 rings (SSSR count). The summed E-state index contributed by atoms with van der Waals surface area (Å²) >= 11 is 0. The first-order chi connectivity index (χ1) is 8.33. The average Bonchev–Trinajstić information content (AvgIpc) is 2.82. The van der Waals surface area contributed by atoms with Crippen molar-refractivity contribution in [3.63, 3.8) is 0 Å². The normalized spacial score (nSPS) is 19.4. The van der Waals surface area contributed by atoms with Gasteiger partial charge in [-0.2, -0.15) is 0 Å². The Morgan fingerprint density at radius 2 is 2.12 bits per heavy atom. The number of benzene rings is 1. The lowest BCUT2D eigenvalue weighted by atomic mass is 10.1. The van der Waals surface area contributed by atoms with Gasteiger partial charge in [-0.05, 0) is 25.0 Å². The third-order valence-electron chi connectivity index (χ3n) is 3.41. The molecule has 1 aliphatic carbocycles. The van der Waals surface area contributed by atoms with Crippen LogP contribution in [0, 0.1) is 0 Å². The lowest BCUT2D eigenvalue weighted by Crippen LogP contribution is -2.32. The number of rotatable bonds is 2. The summed E-state index contributed by atoms with van der Waals surface area (Å²) in [5.74, 6) is 0.621. The first kappa shape index (κ1) is 10.4. The van der Waals surface area contributed by atoms with Crippen molar-refractivity contribution in [3.05, 3.63) is 23.8 Å². The molecule has 1 amide bonds. The van der Waals surface area contributed by atoms with Crippen LogP contribution in [0.4, 0.5) is 5.69 Å². The highest BCUT2D eigenvalue weighted by Crippen LogP contribution is 2.28. The average molecular weight is 232 g/mol. The van der Waals surface area contributed by atoms with E-state index in [0.29, 0.717) is 17.4 Å². The molecular formula is C13H16N2O2. The number of carbonyl (C=O) groups is 1. The lowest BCUT2D eigenvalue weighted by Gasteiger charge is -2.20. The minimum absolute atomic E-state index is 0.0568. The Morgan fingerprint density at radius 3 is 2.94 bits per heavy atom. The van der Waals surface area contributed by atoms with E-state index in [-0.39, 0.29) is 12.6 Å². The van der Waals surface area contributed by atoms with Crippen LogP contribution in [-0.2, 0) is 0 Å². The highest BCUT2D eigenvalue weighted by atomic mass is 16.5. The molecule has 1 fully saturated rings. The maximum absolute atomic E-state index is 11.5. The molecule has 90 valence electrons. The third kappa shape index (κ3) is 2.07. The van der Waals surface area contributed by atoms with Gasteiger partial charge >= 0.3 is 0 Å². The van der Waals surface area contributed by atoms with Crippen molar-refractivity contribution in [2.75, 3.05) is 12.0 Å². The zero-order valence-electron chi connectivity index (χ0n) is 9.66. The van der Waals surface area contributed by atoms with E-state index in [2.05, 4.69) is 10.6 Å². The highest BCUT2D eigenvalue weighted by molar-refractivity contribution is 5.98. The van der Waals surface area contributed by atoms with Crippen molar-refractivity contribution in [3.8, 4) is 5.75 Å². The molecule has 0 unspecified atom stereocenters. The Labute approximate surface area is 100 Å². The van der Waals surface area contributed by atoms with Crippen LogP contribution in [0.3, 0.4) is 0 Å². The summed E-state index contributed by atoms with van der Waals surface area (Å²) in [5.41, 5.74) is 1.67. The number of amides is 1. The lowest BCUT2D eigenvalue weighted by molar-refractivity contribution is 0.0883. The number of hydrogen-bond acceptors (Lipinski definition) is 3. The molecule has 2 aliphatic rings. The molecule has 2 N–H and O–H groups in total. The molecule has 0 atom stereocenters. The van der Waals surface area contributed by atoms with Crippen molar-refractivity contribution in [2.24, 2.45) is 0 Å². The zero-order chi connectivity index (χ0) is 11.7. The molecule has 1 aromatic carbocycles. The first-order valence-corrected chi connectivity index (χ1v) is 6.14. The summed E-state index contributed by atoms with van der Waals surface area (Å²) in [6.45, 7) is 0.263. The molecule has 1 heterocycles. The largest absolute Gasteiger partial charge is 0.472 e. The number of carbonyl (C=O) groups excluding carboxylic acids is 1. The molecule has 1 saturated carbocycles. The minimum Gasteiger partial charge on any atom is -0.472 e. The molecule has 0 spiro atoms. The molecule has 0 radical (unpaired) electrons. The SMILES string of the molecule is O=C1NCOc2cc(NC3CCCC3)ccc21. The fourth-order valence-electron chi connectivity index (χ4n) is 2.50. The van der Waals surface area contributed by atoms with E-state index in [4.69, 9.17) is 4.74 Å². The van der Waals surface area contributed by atoms with Gasteiger partial charge < -0.3 is 15.4 Å². The minimum atomic E-state index is -0.0568. The van der Waals surface area contributed by atoms with Crippen LogP contribution >= 0.6 is 0 Å². The zero-order valence-corrected chi connectivity index (χ0v) is 9.66. The molecule has 4 nitrogen and oxygen atoms in total. The topological polar surface area (TPSA) is 50.4 Å². The monoisotopic (exact) mass is 232 g/mol. The molecule has 17 heavy (non-hydrogen) atoms. The number of hydrogen-bond donors (Lipinski definition) is 2. The van der Waals surface area contributed by atoms with Crippen LogP contribution in [0.5, 0.6) is 5.75 Å². The van der Waals surface area contributed by atoms with Gasteiger partial charge in [0, 0.05) is 17.8 Å². The number of nitrogens with one attached hydrogen (secondary N) is 2. The maximum atomic E-state index is 11.5. The second kappa shape index (κ2) is 4.28. The fourth-order valence-corrected chi connectivity index (χ4v) is 2.50. The van der Waals surface area contributed by atoms with E-state index >= 15 is 0 Å². The van der Waals surface area contributed by atoms with Crippen LogP contribution in [0.2, 0.25) is 0 Å². The molecule has 0 bridgehead atoms. The molecule has 0 saturated heterocycles.